The third kappa shape index (κ3) is 5.53. The van der Waals surface area contributed by atoms with Crippen LogP contribution >= 0.6 is 11.6 Å². The highest BCUT2D eigenvalue weighted by molar-refractivity contribution is 6.29. The number of pyridine rings is 2. The van der Waals surface area contributed by atoms with E-state index >= 15 is 0 Å². The van der Waals surface area contributed by atoms with Gasteiger partial charge >= 0.3 is 0 Å². The number of fused-ring (bicyclic) bond motifs is 5. The Bertz CT molecular complexity index is 2120. The molecule has 4 aromatic heterocycles. The van der Waals surface area contributed by atoms with Gasteiger partial charge in [-0.1, -0.05) is 24.1 Å². The van der Waals surface area contributed by atoms with Crippen molar-refractivity contribution in [2.24, 2.45) is 18.7 Å². The zero-order chi connectivity index (χ0) is 34.0. The van der Waals surface area contributed by atoms with Gasteiger partial charge in [0.2, 0.25) is 0 Å². The normalized spacial score (nSPS) is 22.7. The van der Waals surface area contributed by atoms with Crippen molar-refractivity contribution in [3.05, 3.63) is 70.1 Å². The lowest BCUT2D eigenvalue weighted by atomic mass is 9.94. The van der Waals surface area contributed by atoms with E-state index in [0.29, 0.717) is 40.1 Å². The summed E-state index contributed by atoms with van der Waals surface area (Å²) < 4.78 is 10.2. The van der Waals surface area contributed by atoms with Gasteiger partial charge in [0.15, 0.2) is 5.82 Å². The monoisotopic (exact) mass is 680 g/mol. The number of benzene rings is 1. The summed E-state index contributed by atoms with van der Waals surface area (Å²) in [7, 11) is 3.62. The Kier molecular flexibility index (Phi) is 8.07. The summed E-state index contributed by atoms with van der Waals surface area (Å²) in [6, 6.07) is 13.4. The smallest absolute Gasteiger partial charge is 0.270 e. The summed E-state index contributed by atoms with van der Waals surface area (Å²) in [5.41, 5.74) is 12.3. The van der Waals surface area contributed by atoms with Crippen molar-refractivity contribution in [3.63, 3.8) is 0 Å². The SMILES string of the molecule is COc1cc(C(=O)N2C[C@H](N)[C@@H]3CC[C@H]2C3)cc2nc(-c3cc4ccc5nc4n3CCCCCc3ccc(Cl)nc3C(=O)N[C@@H]5C)n(C)c12. The molecule has 3 N–H and O–H groups in total. The highest BCUT2D eigenvalue weighted by Crippen LogP contribution is 2.39. The molecule has 3 aliphatic rings. The fourth-order valence-electron chi connectivity index (χ4n) is 8.18. The summed E-state index contributed by atoms with van der Waals surface area (Å²) in [4.78, 5) is 43.9. The first kappa shape index (κ1) is 31.8. The molecule has 4 atom stereocenters. The van der Waals surface area contributed by atoms with Gasteiger partial charge in [0.05, 0.1) is 30.1 Å². The van der Waals surface area contributed by atoms with Gasteiger partial charge in [-0.15, -0.1) is 0 Å². The molecule has 0 spiro atoms. The number of amides is 2. The number of imidazole rings is 1. The van der Waals surface area contributed by atoms with E-state index < -0.39 is 0 Å². The van der Waals surface area contributed by atoms with Gasteiger partial charge in [0.25, 0.3) is 11.8 Å². The summed E-state index contributed by atoms with van der Waals surface area (Å²) in [6.45, 7) is 3.25. The number of nitrogens with one attached hydrogen (secondary N) is 1. The van der Waals surface area contributed by atoms with Crippen molar-refractivity contribution in [2.45, 2.75) is 76.5 Å². The molecule has 6 heterocycles. The number of carbonyl (C=O) groups is 2. The van der Waals surface area contributed by atoms with Crippen LogP contribution in [-0.4, -0.2) is 66.5 Å². The second-order valence-electron chi connectivity index (χ2n) is 13.9. The molecule has 1 saturated carbocycles. The van der Waals surface area contributed by atoms with Crippen molar-refractivity contribution < 1.29 is 14.3 Å². The largest absolute Gasteiger partial charge is 0.494 e. The Morgan fingerprint density at radius 3 is 2.76 bits per heavy atom. The highest BCUT2D eigenvalue weighted by atomic mass is 35.5. The molecule has 11 nitrogen and oxygen atoms in total. The van der Waals surface area contributed by atoms with E-state index in [2.05, 4.69) is 20.9 Å². The van der Waals surface area contributed by atoms with Crippen molar-refractivity contribution in [3.8, 4) is 17.3 Å². The zero-order valence-corrected chi connectivity index (χ0v) is 28.8. The standard InChI is InChI=1S/C37H41ClN8O3/c1-20-27-12-9-23-17-29(45(34(23)41-27)14-6-4-5-7-21-10-13-31(38)43-32(21)36(47)40-20)35-42-28-16-24(18-30(49-3)33(28)44(35)2)37(48)46-19-26(39)22-8-11-25(46)15-22/h9-10,12-13,16-18,20,22,25-26H,4-8,11,14-15,19,39H2,1-3H3,(H,40,47)/t20-,22-,25+,26+/m1/s1. The summed E-state index contributed by atoms with van der Waals surface area (Å²) >= 11 is 6.19. The van der Waals surface area contributed by atoms with Crippen LogP contribution in [0.5, 0.6) is 5.75 Å². The van der Waals surface area contributed by atoms with E-state index in [4.69, 9.17) is 32.0 Å². The average molecular weight is 681 g/mol. The van der Waals surface area contributed by atoms with E-state index in [1.807, 2.05) is 53.8 Å². The lowest BCUT2D eigenvalue weighted by molar-refractivity contribution is 0.0603. The second-order valence-corrected chi connectivity index (χ2v) is 14.3. The first-order valence-corrected chi connectivity index (χ1v) is 17.7. The molecule has 0 unspecified atom stereocenters. The molecule has 1 aliphatic carbocycles. The van der Waals surface area contributed by atoms with Crippen LogP contribution in [0.4, 0.5) is 0 Å². The number of aromatic nitrogens is 5. The molecule has 12 heteroatoms. The number of aryl methyl sites for hydroxylation is 3. The van der Waals surface area contributed by atoms with Gasteiger partial charge in [-0.3, -0.25) is 9.59 Å². The Morgan fingerprint density at radius 2 is 1.92 bits per heavy atom. The number of likely N-dealkylation sites (tertiary alicyclic amines) is 1. The van der Waals surface area contributed by atoms with E-state index in [-0.39, 0.29) is 29.9 Å². The van der Waals surface area contributed by atoms with E-state index in [1.165, 1.54) is 0 Å². The van der Waals surface area contributed by atoms with Crippen molar-refractivity contribution in [1.82, 2.24) is 34.3 Å². The van der Waals surface area contributed by atoms with Crippen LogP contribution in [0.15, 0.2) is 42.5 Å². The molecular weight excluding hydrogens is 640 g/mol. The molecule has 1 aromatic carbocycles. The van der Waals surface area contributed by atoms with Crippen molar-refractivity contribution >= 4 is 45.5 Å². The Balaban J connectivity index is 1.19. The number of ether oxygens (including phenoxy) is 1. The minimum atomic E-state index is -0.360. The summed E-state index contributed by atoms with van der Waals surface area (Å²) in [5, 5.41) is 4.37. The first-order chi connectivity index (χ1) is 23.7. The van der Waals surface area contributed by atoms with E-state index in [1.54, 1.807) is 13.2 Å². The molecule has 0 radical (unpaired) electrons. The lowest BCUT2D eigenvalue weighted by Crippen LogP contribution is -2.51. The summed E-state index contributed by atoms with van der Waals surface area (Å²) in [5.74, 6) is 1.59. The number of piperidine rings is 1. The quantitative estimate of drug-likeness (QED) is 0.230. The fraction of sp³-hybridized carbons (Fsp3) is 0.432. The maximum absolute atomic E-state index is 13.9. The average Bonchev–Trinajstić information content (AvgIpc) is 3.79. The van der Waals surface area contributed by atoms with E-state index in [0.717, 1.165) is 90.8 Å². The predicted octanol–water partition coefficient (Wildman–Crippen LogP) is 5.82. The van der Waals surface area contributed by atoms with Gasteiger partial charge < -0.3 is 29.8 Å². The molecule has 2 fully saturated rings. The number of rotatable bonds is 3. The number of nitrogens with two attached hydrogens (primary N) is 1. The highest BCUT2D eigenvalue weighted by Gasteiger charge is 2.41. The van der Waals surface area contributed by atoms with E-state index in [9.17, 15) is 9.59 Å². The van der Waals surface area contributed by atoms with Crippen LogP contribution < -0.4 is 15.8 Å². The molecule has 2 aliphatic heterocycles. The molecule has 8 rings (SSSR count). The third-order valence-corrected chi connectivity index (χ3v) is 11.0. The van der Waals surface area contributed by atoms with Gasteiger partial charge in [0, 0.05) is 43.2 Å². The molecule has 4 bridgehead atoms. The second kappa shape index (κ2) is 12.4. The molecule has 254 valence electrons. The molecule has 2 amide bonds. The Hall–Kier alpha value is -4.48. The third-order valence-electron chi connectivity index (χ3n) is 10.8. The minimum Gasteiger partial charge on any atom is -0.494 e. The number of methoxy groups -OCH3 is 1. The first-order valence-electron chi connectivity index (χ1n) is 17.3. The Morgan fingerprint density at radius 1 is 1.06 bits per heavy atom. The van der Waals surface area contributed by atoms with Crippen molar-refractivity contribution in [2.75, 3.05) is 13.7 Å². The molecule has 5 aromatic rings. The number of hydrogen-bond donors (Lipinski definition) is 2. The maximum Gasteiger partial charge on any atom is 0.270 e. The number of hydrogen-bond acceptors (Lipinski definition) is 7. The summed E-state index contributed by atoms with van der Waals surface area (Å²) in [6.07, 6.45) is 6.55. The number of nitrogens with zero attached hydrogens (tertiary/aromatic N) is 6. The maximum atomic E-state index is 13.9. The van der Waals surface area contributed by atoms with Gasteiger partial charge in [-0.25, -0.2) is 15.0 Å². The topological polar surface area (TPSA) is 133 Å². The van der Waals surface area contributed by atoms with Gasteiger partial charge in [-0.2, -0.15) is 0 Å². The molecule has 49 heavy (non-hydrogen) atoms. The van der Waals surface area contributed by atoms with Crippen molar-refractivity contribution in [1.29, 1.82) is 0 Å². The molecular formula is C37H41ClN8O3. The predicted molar refractivity (Wildman–Crippen MR) is 189 cm³/mol. The van der Waals surface area contributed by atoms with Crippen LogP contribution in [-0.2, 0) is 20.0 Å². The zero-order valence-electron chi connectivity index (χ0n) is 28.1. The van der Waals surface area contributed by atoms with Crippen LogP contribution in [0.2, 0.25) is 5.15 Å². The molecule has 1 saturated heterocycles. The Labute approximate surface area is 289 Å². The number of carbonyl (C=O) groups excluding carboxylic acids is 2. The fourth-order valence-corrected chi connectivity index (χ4v) is 8.33. The lowest BCUT2D eigenvalue weighted by Gasteiger charge is -2.37. The van der Waals surface area contributed by atoms with Crippen LogP contribution in [0.1, 0.15) is 83.6 Å². The van der Waals surface area contributed by atoms with Crippen LogP contribution in [0.3, 0.4) is 0 Å². The van der Waals surface area contributed by atoms with Crippen LogP contribution in [0, 0.1) is 5.92 Å². The minimum absolute atomic E-state index is 0.0137. The van der Waals surface area contributed by atoms with Crippen LogP contribution in [0.25, 0.3) is 33.6 Å². The number of halogens is 1. The van der Waals surface area contributed by atoms with Gasteiger partial charge in [-0.05, 0) is 93.3 Å². The van der Waals surface area contributed by atoms with Gasteiger partial charge in [0.1, 0.15) is 27.8 Å².